The van der Waals surface area contributed by atoms with Gasteiger partial charge in [0.05, 0.1) is 35.0 Å². The summed E-state index contributed by atoms with van der Waals surface area (Å²) >= 11 is 1.42. The number of aliphatic hydroxyl groups is 1. The first kappa shape index (κ1) is 33.9. The SMILES string of the molecule is CCC(=O)[C@H](C)NP(C)(=O)OC[C@H]1O[C@@H](n2ccc(CC(=O)OCc3nc4cc(C)c(C)c(C)c4s3)nc2=O)C(F)(F)[C@@H]1O. The zero-order valence-electron chi connectivity index (χ0n) is 25.1. The van der Waals surface area contributed by atoms with E-state index in [1.165, 1.54) is 36.6 Å². The monoisotopic (exact) mass is 656 g/mol. The number of fused-ring (bicyclic) bond motifs is 1. The van der Waals surface area contributed by atoms with Gasteiger partial charge in [-0.1, -0.05) is 6.92 Å². The van der Waals surface area contributed by atoms with Gasteiger partial charge in [-0.2, -0.15) is 13.8 Å². The number of Topliss-reactive ketones (excluding diaryl/α,β-unsaturated/α-hetero) is 1. The Morgan fingerprint density at radius 2 is 1.98 bits per heavy atom. The largest absolute Gasteiger partial charge is 0.458 e. The Balaban J connectivity index is 1.37. The Labute approximate surface area is 256 Å². The summed E-state index contributed by atoms with van der Waals surface area (Å²) in [5, 5.41) is 13.4. The number of nitrogens with zero attached hydrogens (tertiary/aromatic N) is 3. The zero-order valence-corrected chi connectivity index (χ0v) is 26.8. The van der Waals surface area contributed by atoms with Crippen molar-refractivity contribution in [1.82, 2.24) is 19.6 Å². The number of hydrogen-bond acceptors (Lipinski definition) is 11. The minimum atomic E-state index is -3.94. The van der Waals surface area contributed by atoms with Gasteiger partial charge in [-0.05, 0) is 56.5 Å². The third kappa shape index (κ3) is 7.30. The summed E-state index contributed by atoms with van der Waals surface area (Å²) in [7, 11) is -3.63. The number of carbonyl (C=O) groups is 2. The Bertz CT molecular complexity index is 1680. The predicted molar refractivity (Wildman–Crippen MR) is 158 cm³/mol. The highest BCUT2D eigenvalue weighted by Crippen LogP contribution is 2.45. The summed E-state index contributed by atoms with van der Waals surface area (Å²) in [5.41, 5.74) is 3.04. The number of halogens is 2. The molecule has 44 heavy (non-hydrogen) atoms. The fourth-order valence-corrected chi connectivity index (χ4v) is 7.11. The number of carbonyl (C=O) groups excluding carboxylic acids is 2. The van der Waals surface area contributed by atoms with Crippen LogP contribution in [0.25, 0.3) is 10.2 Å². The molecule has 0 amide bonds. The van der Waals surface area contributed by atoms with E-state index < -0.39 is 62.6 Å². The topological polar surface area (TPSA) is 159 Å². The van der Waals surface area contributed by atoms with Gasteiger partial charge in [-0.25, -0.2) is 14.9 Å². The average molecular weight is 657 g/mol. The van der Waals surface area contributed by atoms with Crippen molar-refractivity contribution < 1.29 is 42.0 Å². The van der Waals surface area contributed by atoms with E-state index in [-0.39, 0.29) is 24.5 Å². The number of benzene rings is 1. The molecular formula is C28H35F2N4O8PS. The summed E-state index contributed by atoms with van der Waals surface area (Å²) in [6, 6.07) is 2.37. The number of nitrogens with one attached hydrogen (secondary N) is 1. The maximum atomic E-state index is 15.0. The lowest BCUT2D eigenvalue weighted by atomic mass is 10.0. The van der Waals surface area contributed by atoms with E-state index in [1.807, 2.05) is 26.8 Å². The maximum absolute atomic E-state index is 15.0. The van der Waals surface area contributed by atoms with Gasteiger partial charge in [0, 0.05) is 19.3 Å². The number of thiazole rings is 1. The highest BCUT2D eigenvalue weighted by atomic mass is 32.1. The molecule has 240 valence electrons. The highest BCUT2D eigenvalue weighted by molar-refractivity contribution is 7.56. The number of alkyl halides is 2. The van der Waals surface area contributed by atoms with Crippen LogP contribution in [-0.2, 0) is 41.2 Å². The molecule has 1 saturated heterocycles. The summed E-state index contributed by atoms with van der Waals surface area (Å²) in [6.45, 7) is 9.55. The number of aromatic nitrogens is 3. The van der Waals surface area contributed by atoms with Crippen molar-refractivity contribution >= 4 is 40.8 Å². The molecule has 4 rings (SSSR count). The first-order chi connectivity index (χ1) is 20.5. The van der Waals surface area contributed by atoms with Crippen molar-refractivity contribution in [2.45, 2.75) is 84.5 Å². The predicted octanol–water partition coefficient (Wildman–Crippen LogP) is 3.75. The molecular weight excluding hydrogens is 621 g/mol. The number of ether oxygens (including phenoxy) is 2. The third-order valence-corrected chi connectivity index (χ3v) is 10.2. The van der Waals surface area contributed by atoms with Gasteiger partial charge in [0.1, 0.15) is 23.5 Å². The quantitative estimate of drug-likeness (QED) is 0.216. The second-order valence-electron chi connectivity index (χ2n) is 10.8. The minimum Gasteiger partial charge on any atom is -0.458 e. The summed E-state index contributed by atoms with van der Waals surface area (Å²) < 4.78 is 60.0. The number of aryl methyl sites for hydroxylation is 2. The second kappa shape index (κ2) is 13.2. The van der Waals surface area contributed by atoms with Gasteiger partial charge >= 0.3 is 17.6 Å². The van der Waals surface area contributed by atoms with Crippen LogP contribution in [0.15, 0.2) is 23.1 Å². The van der Waals surface area contributed by atoms with E-state index in [1.54, 1.807) is 6.92 Å². The molecule has 5 atom stereocenters. The first-order valence-electron chi connectivity index (χ1n) is 13.9. The Hall–Kier alpha value is -2.94. The molecule has 1 fully saturated rings. The molecule has 1 aliphatic rings. The van der Waals surface area contributed by atoms with Crippen molar-refractivity contribution in [1.29, 1.82) is 0 Å². The van der Waals surface area contributed by atoms with Crippen molar-refractivity contribution in [3.8, 4) is 0 Å². The van der Waals surface area contributed by atoms with E-state index in [2.05, 4.69) is 15.1 Å². The van der Waals surface area contributed by atoms with E-state index in [0.29, 0.717) is 9.57 Å². The molecule has 1 unspecified atom stereocenters. The van der Waals surface area contributed by atoms with Crippen LogP contribution >= 0.6 is 18.9 Å². The number of aliphatic hydroxyl groups excluding tert-OH is 1. The van der Waals surface area contributed by atoms with Crippen LogP contribution in [0, 0.1) is 20.8 Å². The van der Waals surface area contributed by atoms with Crippen LogP contribution in [-0.4, -0.2) is 68.8 Å². The number of hydrogen-bond donors (Lipinski definition) is 2. The fraction of sp³-hybridized carbons (Fsp3) is 0.536. The van der Waals surface area contributed by atoms with Crippen molar-refractivity contribution in [3.63, 3.8) is 0 Å². The van der Waals surface area contributed by atoms with Crippen LogP contribution in [0.3, 0.4) is 0 Å². The molecule has 0 bridgehead atoms. The van der Waals surface area contributed by atoms with E-state index in [9.17, 15) is 32.8 Å². The lowest BCUT2D eigenvalue weighted by Gasteiger charge is -2.22. The third-order valence-electron chi connectivity index (χ3n) is 7.49. The lowest BCUT2D eigenvalue weighted by molar-refractivity contribution is -0.144. The van der Waals surface area contributed by atoms with E-state index >= 15 is 0 Å². The van der Waals surface area contributed by atoms with Crippen LogP contribution in [0.4, 0.5) is 8.78 Å². The summed E-state index contributed by atoms with van der Waals surface area (Å²) in [5.74, 6) is -4.86. The standard InChI is InChI=1S/C28H35F2N4O8PS/c1-7-20(35)17(5)33-43(6,39)41-12-21-25(37)28(29,30)26(42-21)34-9-8-18(31-27(34)38)11-23(36)40-13-22-32-19-10-14(2)15(3)16(4)24(19)44-22/h8-10,17,21,25-26,37H,7,11-13H2,1-6H3,(H,33,39)/t17-,21+,25+,26+,43?/m0/s1. The molecule has 1 aromatic carbocycles. The average Bonchev–Trinajstić information content (AvgIpc) is 3.46. The van der Waals surface area contributed by atoms with Gasteiger partial charge in [0.2, 0.25) is 6.23 Å². The van der Waals surface area contributed by atoms with Crippen LogP contribution in [0.5, 0.6) is 0 Å². The molecule has 2 aromatic heterocycles. The molecule has 0 spiro atoms. The lowest BCUT2D eigenvalue weighted by Crippen LogP contribution is -2.42. The molecule has 2 N–H and O–H groups in total. The molecule has 0 saturated carbocycles. The number of ketones is 1. The highest BCUT2D eigenvalue weighted by Gasteiger charge is 2.60. The molecule has 1 aliphatic heterocycles. The Morgan fingerprint density at radius 1 is 1.27 bits per heavy atom. The summed E-state index contributed by atoms with van der Waals surface area (Å²) in [6.07, 6.45) is -5.51. The Kier molecular flexibility index (Phi) is 10.2. The van der Waals surface area contributed by atoms with Gasteiger partial charge in [-0.15, -0.1) is 11.3 Å². The molecule has 0 radical (unpaired) electrons. The van der Waals surface area contributed by atoms with E-state index in [0.717, 1.165) is 27.5 Å². The second-order valence-corrected chi connectivity index (χ2v) is 14.1. The minimum absolute atomic E-state index is 0.0156. The first-order valence-corrected chi connectivity index (χ1v) is 16.8. The van der Waals surface area contributed by atoms with E-state index in [4.69, 9.17) is 14.0 Å². The summed E-state index contributed by atoms with van der Waals surface area (Å²) in [4.78, 5) is 45.2. The van der Waals surface area contributed by atoms with Gasteiger partial charge in [0.15, 0.2) is 6.10 Å². The Morgan fingerprint density at radius 3 is 2.64 bits per heavy atom. The molecule has 16 heteroatoms. The van der Waals surface area contributed by atoms with Crippen LogP contribution < -0.4 is 10.8 Å². The zero-order chi connectivity index (χ0) is 32.6. The van der Waals surface area contributed by atoms with Gasteiger partial charge in [-0.3, -0.25) is 18.7 Å². The fourth-order valence-electron chi connectivity index (χ4n) is 4.74. The smallest absolute Gasteiger partial charge is 0.350 e. The van der Waals surface area contributed by atoms with Gasteiger partial charge in [0.25, 0.3) is 7.52 Å². The van der Waals surface area contributed by atoms with Crippen molar-refractivity contribution in [3.05, 3.63) is 56.2 Å². The normalized spacial score (nSPS) is 21.7. The van der Waals surface area contributed by atoms with Gasteiger partial charge < -0.3 is 19.1 Å². The molecule has 12 nitrogen and oxygen atoms in total. The number of esters is 1. The maximum Gasteiger partial charge on any atom is 0.350 e. The number of rotatable bonds is 12. The molecule has 3 aromatic rings. The molecule has 3 heterocycles. The van der Waals surface area contributed by atoms with Crippen LogP contribution in [0.2, 0.25) is 0 Å². The molecule has 0 aliphatic carbocycles. The van der Waals surface area contributed by atoms with Crippen LogP contribution in [0.1, 0.15) is 53.9 Å². The van der Waals surface area contributed by atoms with Crippen molar-refractivity contribution in [2.24, 2.45) is 0 Å². The van der Waals surface area contributed by atoms with Crippen molar-refractivity contribution in [2.75, 3.05) is 13.3 Å².